The maximum absolute atomic E-state index is 13.7. The minimum Gasteiger partial charge on any atom is -0.388 e. The molecule has 0 aromatic heterocycles. The molecule has 1 saturated heterocycles. The van der Waals surface area contributed by atoms with Gasteiger partial charge < -0.3 is 15.2 Å². The van der Waals surface area contributed by atoms with Gasteiger partial charge in [0.1, 0.15) is 0 Å². The Hall–Kier alpha value is -1.53. The molecule has 1 saturated carbocycles. The van der Waals surface area contributed by atoms with Gasteiger partial charge in [0, 0.05) is 38.5 Å². The van der Waals surface area contributed by atoms with Crippen molar-refractivity contribution in [3.8, 4) is 0 Å². The fraction of sp³-hybridized carbons (Fsp3) is 0.562. The molecule has 0 spiro atoms. The zero-order chi connectivity index (χ0) is 15.7. The maximum Gasteiger partial charge on any atom is 0.223 e. The zero-order valence-corrected chi connectivity index (χ0v) is 12.1. The summed E-state index contributed by atoms with van der Waals surface area (Å²) < 4.78 is 32.1. The summed E-state index contributed by atoms with van der Waals surface area (Å²) >= 11 is 0. The summed E-state index contributed by atoms with van der Waals surface area (Å²) in [5, 5.41) is 13.0. The molecule has 1 heterocycles. The Morgan fingerprint density at radius 3 is 2.82 bits per heavy atom. The Kier molecular flexibility index (Phi) is 4.14. The second-order valence-electron chi connectivity index (χ2n) is 6.15. The molecule has 2 unspecified atom stereocenters. The van der Waals surface area contributed by atoms with Gasteiger partial charge in [-0.15, -0.1) is 0 Å². The lowest BCUT2D eigenvalue weighted by Crippen LogP contribution is -2.47. The van der Waals surface area contributed by atoms with Gasteiger partial charge in [-0.2, -0.15) is 0 Å². The summed E-state index contributed by atoms with van der Waals surface area (Å²) in [6.45, 7) is 1.13. The van der Waals surface area contributed by atoms with Crippen molar-refractivity contribution in [3.05, 3.63) is 35.4 Å². The van der Waals surface area contributed by atoms with E-state index in [9.17, 15) is 18.7 Å². The number of nitrogens with one attached hydrogen (secondary N) is 1. The molecule has 4 nitrogen and oxygen atoms in total. The van der Waals surface area contributed by atoms with E-state index in [0.717, 1.165) is 6.07 Å². The minimum absolute atomic E-state index is 0.171. The van der Waals surface area contributed by atoms with Gasteiger partial charge in [-0.05, 0) is 24.0 Å². The molecule has 3 rings (SSSR count). The third kappa shape index (κ3) is 3.13. The number of rotatable bonds is 4. The third-order valence-corrected chi connectivity index (χ3v) is 4.52. The average molecular weight is 311 g/mol. The second-order valence-corrected chi connectivity index (χ2v) is 6.15. The number of carbonyl (C=O) groups is 1. The van der Waals surface area contributed by atoms with Crippen LogP contribution in [0.1, 0.15) is 30.7 Å². The first kappa shape index (κ1) is 15.4. The lowest BCUT2D eigenvalue weighted by atomic mass is 9.94. The van der Waals surface area contributed by atoms with Gasteiger partial charge in [-0.25, -0.2) is 8.78 Å². The first-order chi connectivity index (χ1) is 10.5. The SMILES string of the molecule is O=C(NCC1(O)CCOCC1)C1CC1c1cccc(F)c1F. The van der Waals surface area contributed by atoms with Crippen LogP contribution in [0.4, 0.5) is 8.78 Å². The van der Waals surface area contributed by atoms with Crippen LogP contribution >= 0.6 is 0 Å². The number of aliphatic hydroxyl groups is 1. The first-order valence-corrected chi connectivity index (χ1v) is 7.52. The van der Waals surface area contributed by atoms with Crippen LogP contribution in [-0.4, -0.2) is 36.4 Å². The van der Waals surface area contributed by atoms with Crippen molar-refractivity contribution < 1.29 is 23.4 Å². The molecule has 120 valence electrons. The van der Waals surface area contributed by atoms with E-state index in [-0.39, 0.29) is 29.9 Å². The Morgan fingerprint density at radius 2 is 2.09 bits per heavy atom. The van der Waals surface area contributed by atoms with Crippen LogP contribution in [0, 0.1) is 17.6 Å². The lowest BCUT2D eigenvalue weighted by molar-refractivity contribution is -0.125. The van der Waals surface area contributed by atoms with Crippen LogP contribution in [0.5, 0.6) is 0 Å². The van der Waals surface area contributed by atoms with E-state index in [2.05, 4.69) is 5.32 Å². The highest BCUT2D eigenvalue weighted by molar-refractivity contribution is 5.83. The van der Waals surface area contributed by atoms with E-state index in [1.165, 1.54) is 12.1 Å². The quantitative estimate of drug-likeness (QED) is 0.890. The zero-order valence-electron chi connectivity index (χ0n) is 12.1. The number of amides is 1. The van der Waals surface area contributed by atoms with Gasteiger partial charge in [0.05, 0.1) is 5.60 Å². The molecule has 1 aliphatic heterocycles. The fourth-order valence-electron chi connectivity index (χ4n) is 2.95. The highest BCUT2D eigenvalue weighted by Crippen LogP contribution is 2.48. The van der Waals surface area contributed by atoms with Gasteiger partial charge in [0.2, 0.25) is 5.91 Å². The summed E-state index contributed by atoms with van der Waals surface area (Å²) in [7, 11) is 0. The summed E-state index contributed by atoms with van der Waals surface area (Å²) in [6.07, 6.45) is 1.48. The molecular formula is C16H19F2NO3. The van der Waals surface area contributed by atoms with Crippen LogP contribution in [0.3, 0.4) is 0 Å². The molecule has 2 atom stereocenters. The molecule has 2 aliphatic rings. The number of ether oxygens (including phenoxy) is 1. The van der Waals surface area contributed by atoms with Crippen molar-refractivity contribution in [2.24, 2.45) is 5.92 Å². The highest BCUT2D eigenvalue weighted by atomic mass is 19.2. The lowest BCUT2D eigenvalue weighted by Gasteiger charge is -2.32. The van der Waals surface area contributed by atoms with E-state index in [0.29, 0.717) is 32.5 Å². The standard InChI is InChI=1S/C16H19F2NO3/c17-13-3-1-2-10(14(13)18)11-8-12(11)15(20)19-9-16(21)4-6-22-7-5-16/h1-3,11-12,21H,4-9H2,(H,19,20). The van der Waals surface area contributed by atoms with Crippen LogP contribution < -0.4 is 5.32 Å². The van der Waals surface area contributed by atoms with Crippen molar-refractivity contribution in [1.82, 2.24) is 5.32 Å². The summed E-state index contributed by atoms with van der Waals surface area (Å²) in [5.41, 5.74) is -0.674. The van der Waals surface area contributed by atoms with E-state index in [1.807, 2.05) is 0 Å². The van der Waals surface area contributed by atoms with Crippen molar-refractivity contribution in [2.75, 3.05) is 19.8 Å². The molecule has 2 N–H and O–H groups in total. The molecule has 0 bridgehead atoms. The topological polar surface area (TPSA) is 58.6 Å². The van der Waals surface area contributed by atoms with Crippen LogP contribution in [0.15, 0.2) is 18.2 Å². The summed E-state index contributed by atoms with van der Waals surface area (Å²) in [4.78, 5) is 12.1. The molecular weight excluding hydrogens is 292 g/mol. The van der Waals surface area contributed by atoms with Gasteiger partial charge in [-0.1, -0.05) is 12.1 Å². The van der Waals surface area contributed by atoms with E-state index in [1.54, 1.807) is 0 Å². The van der Waals surface area contributed by atoms with Crippen molar-refractivity contribution in [2.45, 2.75) is 30.8 Å². The normalized spacial score (nSPS) is 26.5. The summed E-state index contributed by atoms with van der Waals surface area (Å²) in [5.74, 6) is -2.60. The van der Waals surface area contributed by atoms with Crippen LogP contribution in [0.25, 0.3) is 0 Å². The molecule has 1 aromatic rings. The smallest absolute Gasteiger partial charge is 0.223 e. The number of hydrogen-bond acceptors (Lipinski definition) is 3. The third-order valence-electron chi connectivity index (χ3n) is 4.52. The second kappa shape index (κ2) is 5.93. The minimum atomic E-state index is -0.928. The average Bonchev–Trinajstić information content (AvgIpc) is 3.29. The van der Waals surface area contributed by atoms with Gasteiger partial charge >= 0.3 is 0 Å². The Morgan fingerprint density at radius 1 is 1.36 bits per heavy atom. The Balaban J connectivity index is 1.55. The molecule has 1 aromatic carbocycles. The molecule has 1 amide bonds. The van der Waals surface area contributed by atoms with Crippen LogP contribution in [0.2, 0.25) is 0 Å². The number of carbonyl (C=O) groups excluding carboxylic acids is 1. The fourth-order valence-corrected chi connectivity index (χ4v) is 2.95. The largest absolute Gasteiger partial charge is 0.388 e. The molecule has 22 heavy (non-hydrogen) atoms. The monoisotopic (exact) mass is 311 g/mol. The molecule has 2 fully saturated rings. The predicted molar refractivity (Wildman–Crippen MR) is 75.2 cm³/mol. The molecule has 1 aliphatic carbocycles. The van der Waals surface area contributed by atoms with Crippen molar-refractivity contribution in [1.29, 1.82) is 0 Å². The number of hydrogen-bond donors (Lipinski definition) is 2. The van der Waals surface area contributed by atoms with Crippen molar-refractivity contribution in [3.63, 3.8) is 0 Å². The number of benzene rings is 1. The summed E-state index contributed by atoms with van der Waals surface area (Å²) in [6, 6.07) is 4.03. The van der Waals surface area contributed by atoms with Gasteiger partial charge in [0.25, 0.3) is 0 Å². The van der Waals surface area contributed by atoms with Gasteiger partial charge in [0.15, 0.2) is 11.6 Å². The first-order valence-electron chi connectivity index (χ1n) is 7.52. The Bertz CT molecular complexity index is 573. The van der Waals surface area contributed by atoms with E-state index in [4.69, 9.17) is 4.74 Å². The van der Waals surface area contributed by atoms with Crippen molar-refractivity contribution >= 4 is 5.91 Å². The maximum atomic E-state index is 13.7. The highest BCUT2D eigenvalue weighted by Gasteiger charge is 2.46. The van der Waals surface area contributed by atoms with Crippen LogP contribution in [-0.2, 0) is 9.53 Å². The molecule has 0 radical (unpaired) electrons. The van der Waals surface area contributed by atoms with E-state index >= 15 is 0 Å². The molecule has 6 heteroatoms. The van der Waals surface area contributed by atoms with Gasteiger partial charge in [-0.3, -0.25) is 4.79 Å². The van der Waals surface area contributed by atoms with E-state index < -0.39 is 17.2 Å². The Labute approximate surface area is 127 Å². The number of halogens is 2. The predicted octanol–water partition coefficient (Wildman–Crippen LogP) is 1.73.